The second-order valence-corrected chi connectivity index (χ2v) is 3.87. The monoisotopic (exact) mass is 205 g/mol. The molecule has 1 rings (SSSR count). The fourth-order valence-electron chi connectivity index (χ4n) is 2.07. The zero-order chi connectivity index (χ0) is 10.6. The lowest BCUT2D eigenvalue weighted by molar-refractivity contribution is -0.150. The van der Waals surface area contributed by atoms with E-state index in [0.29, 0.717) is 12.8 Å². The summed E-state index contributed by atoms with van der Waals surface area (Å²) in [6.45, 7) is 6.63. The maximum atomic E-state index is 12.4. The van der Waals surface area contributed by atoms with Crippen LogP contribution in [0.1, 0.15) is 38.5 Å². The molecule has 0 spiro atoms. The van der Waals surface area contributed by atoms with Crippen molar-refractivity contribution in [3.8, 4) is 0 Å². The maximum absolute atomic E-state index is 12.4. The molecule has 0 heterocycles. The van der Waals surface area contributed by atoms with Crippen molar-refractivity contribution in [2.24, 2.45) is 5.92 Å². The van der Waals surface area contributed by atoms with Gasteiger partial charge in [0, 0.05) is 5.92 Å². The first kappa shape index (κ1) is 11.4. The van der Waals surface area contributed by atoms with Crippen LogP contribution in [0.2, 0.25) is 0 Å². The lowest BCUT2D eigenvalue weighted by Gasteiger charge is -2.18. The minimum Gasteiger partial charge on any atom is -0.303 e. The van der Waals surface area contributed by atoms with Gasteiger partial charge in [0.2, 0.25) is 0 Å². The minimum absolute atomic E-state index is 0.463. The van der Waals surface area contributed by atoms with Gasteiger partial charge in [-0.1, -0.05) is 25.7 Å². The number of alkyl halides is 3. The molecule has 0 amide bonds. The molecule has 0 aliphatic heterocycles. The Balaban J connectivity index is 2.64. The van der Waals surface area contributed by atoms with Crippen LogP contribution in [0.4, 0.5) is 13.2 Å². The molecular weight excluding hydrogens is 191 g/mol. The summed E-state index contributed by atoms with van der Waals surface area (Å²) in [6, 6.07) is -1.76. The molecule has 1 aliphatic rings. The van der Waals surface area contributed by atoms with E-state index in [1.165, 1.54) is 0 Å². The summed E-state index contributed by atoms with van der Waals surface area (Å²) in [5.74, 6) is -0.463. The van der Waals surface area contributed by atoms with Gasteiger partial charge in [0.25, 0.3) is 0 Å². The normalized spacial score (nSPS) is 22.4. The second-order valence-electron chi connectivity index (χ2n) is 3.87. The van der Waals surface area contributed by atoms with Crippen LogP contribution in [0.25, 0.3) is 4.85 Å². The van der Waals surface area contributed by atoms with Crippen molar-refractivity contribution in [2.75, 3.05) is 0 Å². The lowest BCUT2D eigenvalue weighted by atomic mass is 9.92. The third-order valence-electron chi connectivity index (χ3n) is 2.82. The molecule has 4 heteroatoms. The summed E-state index contributed by atoms with van der Waals surface area (Å²) in [5, 5.41) is 0. The molecule has 1 nitrogen and oxygen atoms in total. The van der Waals surface area contributed by atoms with E-state index < -0.39 is 18.1 Å². The van der Waals surface area contributed by atoms with Crippen molar-refractivity contribution >= 4 is 0 Å². The van der Waals surface area contributed by atoms with Crippen molar-refractivity contribution in [1.82, 2.24) is 0 Å². The average Bonchev–Trinajstić information content (AvgIpc) is 2.31. The van der Waals surface area contributed by atoms with Gasteiger partial charge in [-0.3, -0.25) is 0 Å². The van der Waals surface area contributed by atoms with E-state index in [9.17, 15) is 13.2 Å². The fraction of sp³-hybridized carbons (Fsp3) is 0.900. The summed E-state index contributed by atoms with van der Waals surface area (Å²) < 4.78 is 37.3. The van der Waals surface area contributed by atoms with Gasteiger partial charge in [0.15, 0.2) is 0 Å². The molecule has 1 atom stereocenters. The number of hydrogen-bond donors (Lipinski definition) is 0. The van der Waals surface area contributed by atoms with Crippen molar-refractivity contribution in [3.05, 3.63) is 11.4 Å². The molecule has 1 saturated carbocycles. The van der Waals surface area contributed by atoms with Crippen molar-refractivity contribution in [2.45, 2.75) is 50.7 Å². The van der Waals surface area contributed by atoms with Crippen LogP contribution in [-0.4, -0.2) is 12.2 Å². The van der Waals surface area contributed by atoms with Gasteiger partial charge in [-0.2, -0.15) is 13.2 Å². The molecule has 1 unspecified atom stereocenters. The lowest BCUT2D eigenvalue weighted by Crippen LogP contribution is -2.33. The quantitative estimate of drug-likeness (QED) is 0.453. The molecule has 0 aromatic carbocycles. The number of hydrogen-bond acceptors (Lipinski definition) is 0. The van der Waals surface area contributed by atoms with Crippen LogP contribution in [0.15, 0.2) is 0 Å². The highest BCUT2D eigenvalue weighted by Crippen LogP contribution is 2.35. The predicted octanol–water partition coefficient (Wildman–Crippen LogP) is 3.81. The third-order valence-corrected chi connectivity index (χ3v) is 2.82. The Morgan fingerprint density at radius 1 is 1.07 bits per heavy atom. The van der Waals surface area contributed by atoms with Gasteiger partial charge < -0.3 is 4.85 Å². The Morgan fingerprint density at radius 3 is 1.93 bits per heavy atom. The smallest absolute Gasteiger partial charge is 0.303 e. The summed E-state index contributed by atoms with van der Waals surface area (Å²) in [5.41, 5.74) is 0. The molecular formula is C10H14F3N. The maximum Gasteiger partial charge on any atom is 0.466 e. The van der Waals surface area contributed by atoms with E-state index >= 15 is 0 Å². The van der Waals surface area contributed by atoms with Crippen LogP contribution in [0, 0.1) is 12.5 Å². The van der Waals surface area contributed by atoms with E-state index in [2.05, 4.69) is 4.85 Å². The third kappa shape index (κ3) is 2.90. The Labute approximate surface area is 82.1 Å². The molecule has 0 radical (unpaired) electrons. The summed E-state index contributed by atoms with van der Waals surface area (Å²) in [7, 11) is 0. The average molecular weight is 205 g/mol. The molecule has 0 bridgehead atoms. The van der Waals surface area contributed by atoms with Gasteiger partial charge in [-0.15, -0.1) is 0 Å². The summed E-state index contributed by atoms with van der Waals surface area (Å²) in [6.07, 6.45) is 0.494. The minimum atomic E-state index is -4.34. The van der Waals surface area contributed by atoms with Crippen molar-refractivity contribution in [3.63, 3.8) is 0 Å². The number of nitrogens with zero attached hydrogens (tertiary/aromatic N) is 1. The van der Waals surface area contributed by atoms with Crippen molar-refractivity contribution in [1.29, 1.82) is 0 Å². The zero-order valence-electron chi connectivity index (χ0n) is 7.98. The predicted molar refractivity (Wildman–Crippen MR) is 47.6 cm³/mol. The highest BCUT2D eigenvalue weighted by molar-refractivity contribution is 4.92. The molecule has 0 saturated heterocycles. The standard InChI is InChI=1S/C10H14F3N/c1-14-9(10(11,12)13)8-6-4-2-3-5-7-8/h8-9H,2-7H2. The van der Waals surface area contributed by atoms with E-state index in [0.717, 1.165) is 25.7 Å². The Bertz CT molecular complexity index is 208. The number of halogens is 3. The highest BCUT2D eigenvalue weighted by Gasteiger charge is 2.50. The molecule has 1 fully saturated rings. The molecule has 0 N–H and O–H groups in total. The molecule has 80 valence electrons. The van der Waals surface area contributed by atoms with Crippen LogP contribution in [0.5, 0.6) is 0 Å². The first-order valence-electron chi connectivity index (χ1n) is 4.99. The Hall–Kier alpha value is -0.720. The van der Waals surface area contributed by atoms with Crippen LogP contribution < -0.4 is 0 Å². The Morgan fingerprint density at radius 2 is 1.57 bits per heavy atom. The van der Waals surface area contributed by atoms with Gasteiger partial charge >= 0.3 is 12.2 Å². The zero-order valence-corrected chi connectivity index (χ0v) is 7.98. The summed E-state index contributed by atoms with van der Waals surface area (Å²) in [4.78, 5) is 2.75. The number of rotatable bonds is 1. The van der Waals surface area contributed by atoms with E-state index in [1.807, 2.05) is 0 Å². The van der Waals surface area contributed by atoms with E-state index in [4.69, 9.17) is 6.57 Å². The van der Waals surface area contributed by atoms with Gasteiger partial charge in [0.1, 0.15) is 0 Å². The van der Waals surface area contributed by atoms with Gasteiger partial charge in [-0.25, -0.2) is 6.57 Å². The van der Waals surface area contributed by atoms with Crippen LogP contribution >= 0.6 is 0 Å². The second kappa shape index (κ2) is 4.68. The van der Waals surface area contributed by atoms with E-state index in [-0.39, 0.29) is 0 Å². The van der Waals surface area contributed by atoms with Gasteiger partial charge in [0.05, 0.1) is 0 Å². The van der Waals surface area contributed by atoms with E-state index in [1.54, 1.807) is 0 Å². The summed E-state index contributed by atoms with van der Waals surface area (Å²) >= 11 is 0. The largest absolute Gasteiger partial charge is 0.466 e. The van der Waals surface area contributed by atoms with Crippen LogP contribution in [-0.2, 0) is 0 Å². The molecule has 14 heavy (non-hydrogen) atoms. The molecule has 1 aliphatic carbocycles. The van der Waals surface area contributed by atoms with Crippen LogP contribution in [0.3, 0.4) is 0 Å². The molecule has 0 aromatic heterocycles. The first-order chi connectivity index (χ1) is 6.55. The first-order valence-corrected chi connectivity index (χ1v) is 4.99. The fourth-order valence-corrected chi connectivity index (χ4v) is 2.07. The SMILES string of the molecule is [C-]#[N+]C(C1CCCCCC1)C(F)(F)F. The Kier molecular flexibility index (Phi) is 3.79. The van der Waals surface area contributed by atoms with Crippen molar-refractivity contribution < 1.29 is 13.2 Å². The highest BCUT2D eigenvalue weighted by atomic mass is 19.4. The van der Waals surface area contributed by atoms with Gasteiger partial charge in [-0.05, 0) is 12.8 Å². The topological polar surface area (TPSA) is 4.36 Å². The molecule has 0 aromatic rings.